The number of nitrogens with zero attached hydrogens (tertiary/aromatic N) is 2. The van der Waals surface area contributed by atoms with E-state index in [1.807, 2.05) is 0 Å². The maximum Gasteiger partial charge on any atom is 0.247 e. The molecule has 0 saturated heterocycles. The van der Waals surface area contributed by atoms with Crippen molar-refractivity contribution in [2.45, 2.75) is 32.6 Å². The maximum atomic E-state index is 5.83. The molecule has 2 rings (SSSR count). The summed E-state index contributed by atoms with van der Waals surface area (Å²) in [5.74, 6) is 1.14. The molecule has 0 aliphatic carbocycles. The first kappa shape index (κ1) is 10.4. The van der Waals surface area contributed by atoms with Gasteiger partial charge in [0, 0.05) is 12.1 Å². The van der Waals surface area contributed by atoms with E-state index in [-0.39, 0.29) is 0 Å². The molecule has 0 spiro atoms. The van der Waals surface area contributed by atoms with E-state index in [0.717, 1.165) is 24.2 Å². The Morgan fingerprint density at radius 1 is 1.40 bits per heavy atom. The molecule has 0 fully saturated rings. The molecule has 3 nitrogen and oxygen atoms in total. The summed E-state index contributed by atoms with van der Waals surface area (Å²) in [6.07, 6.45) is 3.62. The third-order valence-electron chi connectivity index (χ3n) is 2.57. The Bertz CT molecular complexity index is 463. The minimum atomic E-state index is 0.373. The number of halogens is 1. The molecule has 0 aromatic carbocycles. The summed E-state index contributed by atoms with van der Waals surface area (Å²) in [6.45, 7) is 4.26. The Morgan fingerprint density at radius 3 is 2.80 bits per heavy atom. The van der Waals surface area contributed by atoms with Gasteiger partial charge in [-0.2, -0.15) is 0 Å². The van der Waals surface area contributed by atoms with E-state index >= 15 is 0 Å². The molecule has 15 heavy (non-hydrogen) atoms. The first-order valence-electron chi connectivity index (χ1n) is 5.16. The van der Waals surface area contributed by atoms with E-state index < -0.39 is 0 Å². The molecule has 0 amide bonds. The lowest BCUT2D eigenvalue weighted by molar-refractivity contribution is 0.449. The van der Waals surface area contributed by atoms with Gasteiger partial charge in [0.1, 0.15) is 5.52 Å². The van der Waals surface area contributed by atoms with E-state index in [4.69, 9.17) is 16.0 Å². The van der Waals surface area contributed by atoms with E-state index in [0.29, 0.717) is 16.7 Å². The number of rotatable bonds is 3. The van der Waals surface area contributed by atoms with Crippen molar-refractivity contribution in [3.63, 3.8) is 0 Å². The van der Waals surface area contributed by atoms with Gasteiger partial charge in [0.05, 0.1) is 5.02 Å². The van der Waals surface area contributed by atoms with Gasteiger partial charge in [-0.3, -0.25) is 0 Å². The van der Waals surface area contributed by atoms with Gasteiger partial charge in [-0.25, -0.2) is 9.97 Å². The van der Waals surface area contributed by atoms with Crippen molar-refractivity contribution in [2.75, 3.05) is 0 Å². The van der Waals surface area contributed by atoms with Crippen molar-refractivity contribution in [3.05, 3.63) is 23.2 Å². The molecule has 0 unspecified atom stereocenters. The molecule has 2 aromatic heterocycles. The third-order valence-corrected chi connectivity index (χ3v) is 2.77. The Balaban J connectivity index is 2.46. The van der Waals surface area contributed by atoms with Crippen molar-refractivity contribution in [2.24, 2.45) is 0 Å². The Hall–Kier alpha value is -1.09. The molecule has 4 heteroatoms. The van der Waals surface area contributed by atoms with Crippen LogP contribution in [0.2, 0.25) is 5.02 Å². The van der Waals surface area contributed by atoms with Crippen LogP contribution >= 0.6 is 11.6 Å². The summed E-state index contributed by atoms with van der Waals surface area (Å²) >= 11 is 5.83. The first-order valence-corrected chi connectivity index (χ1v) is 5.54. The van der Waals surface area contributed by atoms with E-state index in [1.54, 1.807) is 12.3 Å². The van der Waals surface area contributed by atoms with Crippen molar-refractivity contribution in [1.29, 1.82) is 0 Å². The number of oxazole rings is 1. The van der Waals surface area contributed by atoms with Crippen molar-refractivity contribution >= 4 is 22.8 Å². The highest BCUT2D eigenvalue weighted by atomic mass is 35.5. The SMILES string of the molecule is CCC(CC)c1nc2cc(Cl)cnc2o1. The molecule has 0 radical (unpaired) electrons. The quantitative estimate of drug-likeness (QED) is 0.797. The van der Waals surface area contributed by atoms with Gasteiger partial charge in [0.25, 0.3) is 0 Å². The first-order chi connectivity index (χ1) is 7.24. The highest BCUT2D eigenvalue weighted by Gasteiger charge is 2.15. The second kappa shape index (κ2) is 4.19. The van der Waals surface area contributed by atoms with Crippen LogP contribution in [-0.2, 0) is 0 Å². The smallest absolute Gasteiger partial charge is 0.247 e. The predicted octanol–water partition coefficient (Wildman–Crippen LogP) is 3.78. The third kappa shape index (κ3) is 1.97. The number of aromatic nitrogens is 2. The predicted molar refractivity (Wildman–Crippen MR) is 60.1 cm³/mol. The van der Waals surface area contributed by atoms with Gasteiger partial charge in [0.2, 0.25) is 11.6 Å². The lowest BCUT2D eigenvalue weighted by Crippen LogP contribution is -1.94. The molecule has 0 atom stereocenters. The fourth-order valence-electron chi connectivity index (χ4n) is 1.63. The summed E-state index contributed by atoms with van der Waals surface area (Å²) in [4.78, 5) is 8.49. The van der Waals surface area contributed by atoms with Crippen LogP contribution in [0.25, 0.3) is 11.2 Å². The summed E-state index contributed by atoms with van der Waals surface area (Å²) in [5, 5.41) is 0.590. The zero-order chi connectivity index (χ0) is 10.8. The average molecular weight is 225 g/mol. The van der Waals surface area contributed by atoms with E-state index in [2.05, 4.69) is 23.8 Å². The molecule has 0 N–H and O–H groups in total. The van der Waals surface area contributed by atoms with Gasteiger partial charge in [-0.15, -0.1) is 0 Å². The maximum absolute atomic E-state index is 5.83. The monoisotopic (exact) mass is 224 g/mol. The van der Waals surface area contributed by atoms with E-state index in [9.17, 15) is 0 Å². The van der Waals surface area contributed by atoms with Gasteiger partial charge in [-0.1, -0.05) is 25.4 Å². The van der Waals surface area contributed by atoms with Crippen LogP contribution in [0.4, 0.5) is 0 Å². The fraction of sp³-hybridized carbons (Fsp3) is 0.455. The van der Waals surface area contributed by atoms with Crippen LogP contribution in [0, 0.1) is 0 Å². The normalized spacial score (nSPS) is 11.5. The molecule has 0 aliphatic heterocycles. The van der Waals surface area contributed by atoms with Crippen LogP contribution in [0.3, 0.4) is 0 Å². The Kier molecular flexibility index (Phi) is 2.91. The number of hydrogen-bond acceptors (Lipinski definition) is 3. The summed E-state index contributed by atoms with van der Waals surface area (Å²) in [7, 11) is 0. The second-order valence-electron chi connectivity index (χ2n) is 3.54. The highest BCUT2D eigenvalue weighted by molar-refractivity contribution is 6.30. The zero-order valence-electron chi connectivity index (χ0n) is 8.83. The van der Waals surface area contributed by atoms with Crippen molar-refractivity contribution < 1.29 is 4.42 Å². The van der Waals surface area contributed by atoms with Crippen LogP contribution in [-0.4, -0.2) is 9.97 Å². The van der Waals surface area contributed by atoms with Crippen LogP contribution in [0.1, 0.15) is 38.5 Å². The minimum Gasteiger partial charge on any atom is -0.422 e. The molecular weight excluding hydrogens is 212 g/mol. The second-order valence-corrected chi connectivity index (χ2v) is 3.98. The molecule has 0 saturated carbocycles. The van der Waals surface area contributed by atoms with Crippen molar-refractivity contribution in [1.82, 2.24) is 9.97 Å². The molecule has 0 aliphatic rings. The number of hydrogen-bond donors (Lipinski definition) is 0. The molecule has 80 valence electrons. The molecular formula is C11H13ClN2O. The van der Waals surface area contributed by atoms with Gasteiger partial charge in [-0.05, 0) is 18.9 Å². The van der Waals surface area contributed by atoms with Gasteiger partial charge in [0.15, 0.2) is 0 Å². The van der Waals surface area contributed by atoms with Crippen LogP contribution in [0.15, 0.2) is 16.7 Å². The standard InChI is InChI=1S/C11H13ClN2O/c1-3-7(4-2)10-14-9-5-8(12)6-13-11(9)15-10/h5-7H,3-4H2,1-2H3. The van der Waals surface area contributed by atoms with Crippen LogP contribution in [0.5, 0.6) is 0 Å². The summed E-state index contributed by atoms with van der Waals surface area (Å²) in [5.41, 5.74) is 1.31. The Morgan fingerprint density at radius 2 is 2.13 bits per heavy atom. The van der Waals surface area contributed by atoms with Crippen LogP contribution < -0.4 is 0 Å². The summed E-state index contributed by atoms with van der Waals surface area (Å²) in [6, 6.07) is 1.78. The summed E-state index contributed by atoms with van der Waals surface area (Å²) < 4.78 is 5.59. The number of fused-ring (bicyclic) bond motifs is 1. The number of pyridine rings is 1. The largest absolute Gasteiger partial charge is 0.422 e. The minimum absolute atomic E-state index is 0.373. The Labute approximate surface area is 93.5 Å². The average Bonchev–Trinajstić information content (AvgIpc) is 2.62. The lowest BCUT2D eigenvalue weighted by Gasteiger charge is -2.05. The molecule has 0 bridgehead atoms. The van der Waals surface area contributed by atoms with Crippen molar-refractivity contribution in [3.8, 4) is 0 Å². The zero-order valence-corrected chi connectivity index (χ0v) is 9.58. The molecule has 2 aromatic rings. The molecule has 2 heterocycles. The fourth-order valence-corrected chi connectivity index (χ4v) is 1.78. The topological polar surface area (TPSA) is 38.9 Å². The van der Waals surface area contributed by atoms with Gasteiger partial charge >= 0.3 is 0 Å². The van der Waals surface area contributed by atoms with Gasteiger partial charge < -0.3 is 4.42 Å². The van der Waals surface area contributed by atoms with E-state index in [1.165, 1.54) is 0 Å². The lowest BCUT2D eigenvalue weighted by atomic mass is 10.0. The highest BCUT2D eigenvalue weighted by Crippen LogP contribution is 2.26.